The van der Waals surface area contributed by atoms with Gasteiger partial charge in [0.05, 0.1) is 6.21 Å². The Labute approximate surface area is 180 Å². The van der Waals surface area contributed by atoms with Gasteiger partial charge in [0, 0.05) is 35.1 Å². The molecule has 0 bridgehead atoms. The monoisotopic (exact) mass is 411 g/mol. The summed E-state index contributed by atoms with van der Waals surface area (Å²) in [7, 11) is 0. The van der Waals surface area contributed by atoms with E-state index in [1.165, 1.54) is 17.7 Å². The van der Waals surface area contributed by atoms with Crippen LogP contribution in [-0.4, -0.2) is 16.7 Å². The number of rotatable bonds is 6. The largest absolute Gasteiger partial charge is 0.342 e. The fourth-order valence-corrected chi connectivity index (χ4v) is 4.10. The molecule has 1 fully saturated rings. The minimum absolute atomic E-state index is 0.0145. The number of nitrogens with one attached hydrogen (secondary N) is 1. The maximum absolute atomic E-state index is 13.2. The number of carbonyl (C=O) groups excluding carboxylic acids is 1. The molecule has 3 aromatic carbocycles. The van der Waals surface area contributed by atoms with E-state index in [-0.39, 0.29) is 23.6 Å². The van der Waals surface area contributed by atoms with E-state index in [9.17, 15) is 9.18 Å². The molecular formula is C26H22FN3O. The molecule has 5 heteroatoms. The molecule has 1 saturated carbocycles. The van der Waals surface area contributed by atoms with Gasteiger partial charge in [-0.1, -0.05) is 60.7 Å². The minimum atomic E-state index is -0.241. The van der Waals surface area contributed by atoms with Crippen molar-refractivity contribution in [3.05, 3.63) is 108 Å². The Morgan fingerprint density at radius 3 is 2.58 bits per heavy atom. The molecule has 1 amide bonds. The molecule has 1 aliphatic carbocycles. The Morgan fingerprint density at radius 1 is 1.03 bits per heavy atom. The van der Waals surface area contributed by atoms with Crippen molar-refractivity contribution in [3.8, 4) is 0 Å². The van der Waals surface area contributed by atoms with Crippen molar-refractivity contribution >= 4 is 23.0 Å². The number of fused-ring (bicyclic) bond motifs is 1. The second-order valence-electron chi connectivity index (χ2n) is 7.95. The average molecular weight is 411 g/mol. The third-order valence-corrected chi connectivity index (χ3v) is 5.82. The van der Waals surface area contributed by atoms with Gasteiger partial charge in [-0.25, -0.2) is 9.82 Å². The number of para-hydroxylation sites is 1. The number of nitrogens with zero attached hydrogens (tertiary/aromatic N) is 2. The molecule has 0 spiro atoms. The van der Waals surface area contributed by atoms with Crippen LogP contribution in [0.2, 0.25) is 0 Å². The van der Waals surface area contributed by atoms with Crippen LogP contribution in [0.3, 0.4) is 0 Å². The highest BCUT2D eigenvalue weighted by atomic mass is 19.1. The van der Waals surface area contributed by atoms with Gasteiger partial charge < -0.3 is 4.57 Å². The zero-order chi connectivity index (χ0) is 21.2. The Kier molecular flexibility index (Phi) is 5.08. The van der Waals surface area contributed by atoms with Gasteiger partial charge in [-0.05, 0) is 41.7 Å². The Bertz CT molecular complexity index is 1240. The molecule has 5 rings (SSSR count). The number of halogens is 1. The molecule has 1 aliphatic rings. The number of hydrogen-bond acceptors (Lipinski definition) is 2. The second-order valence-corrected chi connectivity index (χ2v) is 7.95. The maximum atomic E-state index is 13.2. The topological polar surface area (TPSA) is 46.4 Å². The molecule has 0 saturated heterocycles. The van der Waals surface area contributed by atoms with Crippen molar-refractivity contribution in [2.24, 2.45) is 11.0 Å². The van der Waals surface area contributed by atoms with Gasteiger partial charge in [-0.2, -0.15) is 5.10 Å². The molecule has 1 heterocycles. The van der Waals surface area contributed by atoms with Gasteiger partial charge in [0.2, 0.25) is 5.91 Å². The molecule has 0 unspecified atom stereocenters. The highest BCUT2D eigenvalue weighted by Crippen LogP contribution is 2.47. The summed E-state index contributed by atoms with van der Waals surface area (Å²) in [6, 6.07) is 24.7. The maximum Gasteiger partial charge on any atom is 0.243 e. The van der Waals surface area contributed by atoms with Crippen LogP contribution in [0.5, 0.6) is 0 Å². The van der Waals surface area contributed by atoms with E-state index in [0.717, 1.165) is 28.5 Å². The Hall–Kier alpha value is -3.73. The first-order chi connectivity index (χ1) is 15.2. The van der Waals surface area contributed by atoms with Gasteiger partial charge in [-0.15, -0.1) is 0 Å². The van der Waals surface area contributed by atoms with Crippen molar-refractivity contribution in [1.82, 2.24) is 9.99 Å². The second kappa shape index (κ2) is 8.19. The summed E-state index contributed by atoms with van der Waals surface area (Å²) < 4.78 is 15.3. The SMILES string of the molecule is O=C(NN=Cc1cn(Cc2ccc(F)cc2)c2ccccc12)[C@H]1C[C@@H]1c1ccccc1. The van der Waals surface area contributed by atoms with E-state index < -0.39 is 0 Å². The smallest absolute Gasteiger partial charge is 0.243 e. The molecule has 4 nitrogen and oxygen atoms in total. The fraction of sp³-hybridized carbons (Fsp3) is 0.154. The molecule has 0 radical (unpaired) electrons. The molecule has 0 aliphatic heterocycles. The summed E-state index contributed by atoms with van der Waals surface area (Å²) in [5, 5.41) is 5.28. The van der Waals surface area contributed by atoms with E-state index in [0.29, 0.717) is 6.54 Å². The summed E-state index contributed by atoms with van der Waals surface area (Å²) in [5.74, 6) is -0.0108. The van der Waals surface area contributed by atoms with Crippen molar-refractivity contribution in [1.29, 1.82) is 0 Å². The van der Waals surface area contributed by atoms with Crippen molar-refractivity contribution in [2.75, 3.05) is 0 Å². The van der Waals surface area contributed by atoms with E-state index in [2.05, 4.69) is 27.2 Å². The van der Waals surface area contributed by atoms with Crippen LogP contribution in [0, 0.1) is 11.7 Å². The van der Waals surface area contributed by atoms with Crippen molar-refractivity contribution in [3.63, 3.8) is 0 Å². The van der Waals surface area contributed by atoms with E-state index >= 15 is 0 Å². The van der Waals surface area contributed by atoms with Crippen molar-refractivity contribution in [2.45, 2.75) is 18.9 Å². The molecule has 1 aromatic heterocycles. The van der Waals surface area contributed by atoms with E-state index in [1.54, 1.807) is 18.3 Å². The van der Waals surface area contributed by atoms with E-state index in [1.807, 2.05) is 48.7 Å². The molecular weight excluding hydrogens is 389 g/mol. The highest BCUT2D eigenvalue weighted by Gasteiger charge is 2.43. The highest BCUT2D eigenvalue weighted by molar-refractivity contribution is 5.99. The van der Waals surface area contributed by atoms with Crippen LogP contribution in [-0.2, 0) is 11.3 Å². The quantitative estimate of drug-likeness (QED) is 0.349. The lowest BCUT2D eigenvalue weighted by molar-refractivity contribution is -0.122. The van der Waals surface area contributed by atoms with Crippen LogP contribution in [0.4, 0.5) is 4.39 Å². The number of hydrazone groups is 1. The lowest BCUT2D eigenvalue weighted by Gasteiger charge is -2.05. The zero-order valence-electron chi connectivity index (χ0n) is 16.9. The van der Waals surface area contributed by atoms with Crippen molar-refractivity contribution < 1.29 is 9.18 Å². The van der Waals surface area contributed by atoms with Crippen LogP contribution < -0.4 is 5.43 Å². The van der Waals surface area contributed by atoms with Gasteiger partial charge in [0.15, 0.2) is 0 Å². The van der Waals surface area contributed by atoms with E-state index in [4.69, 9.17) is 0 Å². The molecule has 31 heavy (non-hydrogen) atoms. The summed E-state index contributed by atoms with van der Waals surface area (Å²) in [5.41, 5.74) is 6.91. The third kappa shape index (κ3) is 4.12. The third-order valence-electron chi connectivity index (χ3n) is 5.82. The lowest BCUT2D eigenvalue weighted by atomic mass is 10.1. The number of carbonyl (C=O) groups is 1. The molecule has 2 atom stereocenters. The average Bonchev–Trinajstić information content (AvgIpc) is 3.54. The number of amides is 1. The first kappa shape index (κ1) is 19.2. The normalized spacial score (nSPS) is 17.8. The van der Waals surface area contributed by atoms with Crippen LogP contribution in [0.1, 0.15) is 29.0 Å². The summed E-state index contributed by atoms with van der Waals surface area (Å²) in [4.78, 5) is 12.5. The predicted octanol–water partition coefficient (Wildman–Crippen LogP) is 5.08. The first-order valence-electron chi connectivity index (χ1n) is 10.4. The predicted molar refractivity (Wildman–Crippen MR) is 120 cm³/mol. The minimum Gasteiger partial charge on any atom is -0.342 e. The zero-order valence-corrected chi connectivity index (χ0v) is 16.9. The van der Waals surface area contributed by atoms with Crippen LogP contribution in [0.25, 0.3) is 10.9 Å². The Morgan fingerprint density at radius 2 is 1.77 bits per heavy atom. The van der Waals surface area contributed by atoms with Crippen LogP contribution >= 0.6 is 0 Å². The van der Waals surface area contributed by atoms with Gasteiger partial charge in [0.1, 0.15) is 5.82 Å². The van der Waals surface area contributed by atoms with Gasteiger partial charge >= 0.3 is 0 Å². The fourth-order valence-electron chi connectivity index (χ4n) is 4.10. The molecule has 4 aromatic rings. The summed E-state index contributed by atoms with van der Waals surface area (Å²) in [6.45, 7) is 0.627. The van der Waals surface area contributed by atoms with Crippen LogP contribution in [0.15, 0.2) is 90.2 Å². The van der Waals surface area contributed by atoms with Gasteiger partial charge in [-0.3, -0.25) is 4.79 Å². The first-order valence-corrected chi connectivity index (χ1v) is 10.4. The summed E-state index contributed by atoms with van der Waals surface area (Å²) >= 11 is 0. The Balaban J connectivity index is 1.29. The summed E-state index contributed by atoms with van der Waals surface area (Å²) in [6.07, 6.45) is 4.57. The number of benzene rings is 3. The molecule has 1 N–H and O–H groups in total. The standard InChI is InChI=1S/C26H22FN3O/c27-21-12-10-18(11-13-21)16-30-17-20(22-8-4-5-9-25(22)30)15-28-29-26(31)24-14-23(24)19-6-2-1-3-7-19/h1-13,15,17,23-24H,14,16H2,(H,29,31)/t23-,24+/m1/s1. The lowest BCUT2D eigenvalue weighted by Crippen LogP contribution is -2.20. The number of aromatic nitrogens is 1. The van der Waals surface area contributed by atoms with Gasteiger partial charge in [0.25, 0.3) is 0 Å². The molecule has 154 valence electrons. The number of hydrogen-bond donors (Lipinski definition) is 1.